The van der Waals surface area contributed by atoms with Crippen LogP contribution >= 0.6 is 0 Å². The number of allylic oxidation sites excluding steroid dienone is 2. The monoisotopic (exact) mass is 413 g/mol. The number of nitrogens with zero attached hydrogens (tertiary/aromatic N) is 1. The summed E-state index contributed by atoms with van der Waals surface area (Å²) in [5, 5.41) is 0. The van der Waals surface area contributed by atoms with Gasteiger partial charge >= 0.3 is 5.97 Å². The van der Waals surface area contributed by atoms with E-state index < -0.39 is 0 Å². The highest BCUT2D eigenvalue weighted by atomic mass is 16.5. The molecule has 1 aliphatic carbocycles. The standard InChI is InChI=1S/C27H27NO3/c1-3-30-27(29)25-16-9-15-24(28-25)22-14-8-13-21(22)23-12-6-7-17-26(23)31-18-20-11-5-4-10-19(20)2/h4-7,9-12,15-17H,3,8,13-14,18H2,1-2H3. The molecule has 158 valence electrons. The van der Waals surface area contributed by atoms with Crippen molar-refractivity contribution in [1.82, 2.24) is 4.98 Å². The lowest BCUT2D eigenvalue weighted by Gasteiger charge is -2.15. The first-order chi connectivity index (χ1) is 15.2. The molecule has 0 fully saturated rings. The molecule has 31 heavy (non-hydrogen) atoms. The third-order valence-electron chi connectivity index (χ3n) is 5.62. The summed E-state index contributed by atoms with van der Waals surface area (Å²) >= 11 is 0. The minimum Gasteiger partial charge on any atom is -0.488 e. The van der Waals surface area contributed by atoms with Crippen LogP contribution in [-0.2, 0) is 11.3 Å². The summed E-state index contributed by atoms with van der Waals surface area (Å²) in [5.74, 6) is 0.494. The Hall–Kier alpha value is -3.40. The molecular formula is C27H27NO3. The summed E-state index contributed by atoms with van der Waals surface area (Å²) in [6, 6.07) is 22.0. The number of carbonyl (C=O) groups is 1. The van der Waals surface area contributed by atoms with Crippen molar-refractivity contribution in [1.29, 1.82) is 0 Å². The van der Waals surface area contributed by atoms with Crippen molar-refractivity contribution in [3.63, 3.8) is 0 Å². The van der Waals surface area contributed by atoms with Gasteiger partial charge in [0.2, 0.25) is 0 Å². The molecule has 0 radical (unpaired) electrons. The van der Waals surface area contributed by atoms with E-state index in [4.69, 9.17) is 9.47 Å². The molecule has 0 unspecified atom stereocenters. The zero-order valence-corrected chi connectivity index (χ0v) is 18.1. The Morgan fingerprint density at radius 2 is 1.71 bits per heavy atom. The number of aryl methyl sites for hydroxylation is 1. The Labute approximate surface area is 183 Å². The SMILES string of the molecule is CCOC(=O)c1cccc(C2=C(c3ccccc3OCc3ccccc3C)CCC2)n1. The van der Waals surface area contributed by atoms with E-state index in [0.717, 1.165) is 36.3 Å². The molecule has 0 saturated heterocycles. The molecule has 0 bridgehead atoms. The largest absolute Gasteiger partial charge is 0.488 e. The Kier molecular flexibility index (Phi) is 6.46. The van der Waals surface area contributed by atoms with Crippen molar-refractivity contribution in [2.75, 3.05) is 6.61 Å². The van der Waals surface area contributed by atoms with Gasteiger partial charge in [-0.3, -0.25) is 0 Å². The van der Waals surface area contributed by atoms with Crippen LogP contribution in [0.25, 0.3) is 11.1 Å². The number of hydrogen-bond acceptors (Lipinski definition) is 4. The fourth-order valence-electron chi connectivity index (χ4n) is 4.01. The molecule has 0 N–H and O–H groups in total. The maximum absolute atomic E-state index is 12.1. The fourth-order valence-corrected chi connectivity index (χ4v) is 4.01. The van der Waals surface area contributed by atoms with Crippen LogP contribution in [0.15, 0.2) is 66.7 Å². The first-order valence-corrected chi connectivity index (χ1v) is 10.8. The maximum atomic E-state index is 12.1. The van der Waals surface area contributed by atoms with Crippen LogP contribution in [0.4, 0.5) is 0 Å². The molecule has 0 spiro atoms. The van der Waals surface area contributed by atoms with Gasteiger partial charge in [-0.2, -0.15) is 0 Å². The number of ether oxygens (including phenoxy) is 2. The molecule has 4 rings (SSSR count). The lowest BCUT2D eigenvalue weighted by molar-refractivity contribution is 0.0519. The summed E-state index contributed by atoms with van der Waals surface area (Å²) in [6.07, 6.45) is 2.95. The van der Waals surface area contributed by atoms with Crippen molar-refractivity contribution >= 4 is 17.1 Å². The van der Waals surface area contributed by atoms with Crippen LogP contribution in [0.2, 0.25) is 0 Å². The van der Waals surface area contributed by atoms with Gasteiger partial charge in [0.25, 0.3) is 0 Å². The van der Waals surface area contributed by atoms with Gasteiger partial charge in [-0.1, -0.05) is 48.5 Å². The van der Waals surface area contributed by atoms with Gasteiger partial charge in [0.1, 0.15) is 18.1 Å². The second-order valence-corrected chi connectivity index (χ2v) is 7.65. The van der Waals surface area contributed by atoms with E-state index in [0.29, 0.717) is 18.9 Å². The van der Waals surface area contributed by atoms with Crippen molar-refractivity contribution in [3.05, 3.63) is 94.8 Å². The van der Waals surface area contributed by atoms with Gasteiger partial charge in [-0.15, -0.1) is 0 Å². The maximum Gasteiger partial charge on any atom is 0.356 e. The first kappa shape index (κ1) is 20.9. The molecule has 1 aliphatic rings. The van der Waals surface area contributed by atoms with Crippen molar-refractivity contribution in [2.45, 2.75) is 39.7 Å². The van der Waals surface area contributed by atoms with Crippen LogP contribution in [-0.4, -0.2) is 17.6 Å². The smallest absolute Gasteiger partial charge is 0.356 e. The molecule has 0 atom stereocenters. The molecule has 1 heterocycles. The second kappa shape index (κ2) is 9.61. The lowest BCUT2D eigenvalue weighted by Crippen LogP contribution is -2.08. The number of pyridine rings is 1. The number of carbonyl (C=O) groups excluding carboxylic acids is 1. The van der Waals surface area contributed by atoms with E-state index in [2.05, 4.69) is 30.1 Å². The summed E-state index contributed by atoms with van der Waals surface area (Å²) in [6.45, 7) is 4.77. The molecule has 3 aromatic rings. The number of rotatable bonds is 7. The Morgan fingerprint density at radius 1 is 0.935 bits per heavy atom. The van der Waals surface area contributed by atoms with Crippen LogP contribution in [0, 0.1) is 6.92 Å². The van der Waals surface area contributed by atoms with Gasteiger partial charge in [-0.05, 0) is 73.6 Å². The van der Waals surface area contributed by atoms with E-state index in [1.54, 1.807) is 13.0 Å². The summed E-state index contributed by atoms with van der Waals surface area (Å²) in [4.78, 5) is 16.8. The van der Waals surface area contributed by atoms with Crippen molar-refractivity contribution in [2.24, 2.45) is 0 Å². The minimum absolute atomic E-state index is 0.338. The number of aromatic nitrogens is 1. The number of esters is 1. The third kappa shape index (κ3) is 4.69. The topological polar surface area (TPSA) is 48.4 Å². The molecule has 1 aromatic heterocycles. The quantitative estimate of drug-likeness (QED) is 0.430. The lowest BCUT2D eigenvalue weighted by atomic mass is 9.99. The Balaban J connectivity index is 1.66. The number of hydrogen-bond donors (Lipinski definition) is 0. The second-order valence-electron chi connectivity index (χ2n) is 7.65. The van der Waals surface area contributed by atoms with E-state index in [-0.39, 0.29) is 5.97 Å². The highest BCUT2D eigenvalue weighted by molar-refractivity contribution is 5.94. The molecule has 0 aliphatic heterocycles. The van der Waals surface area contributed by atoms with Crippen LogP contribution in [0.3, 0.4) is 0 Å². The van der Waals surface area contributed by atoms with Crippen LogP contribution in [0.1, 0.15) is 59.1 Å². The molecule has 4 heteroatoms. The van der Waals surface area contributed by atoms with Gasteiger partial charge < -0.3 is 9.47 Å². The van der Waals surface area contributed by atoms with Gasteiger partial charge in [0, 0.05) is 5.56 Å². The highest BCUT2D eigenvalue weighted by Crippen LogP contribution is 2.42. The van der Waals surface area contributed by atoms with Gasteiger partial charge in [0.05, 0.1) is 12.3 Å². The predicted molar refractivity (Wildman–Crippen MR) is 123 cm³/mol. The predicted octanol–water partition coefficient (Wildman–Crippen LogP) is 6.24. The van der Waals surface area contributed by atoms with Gasteiger partial charge in [0.15, 0.2) is 0 Å². The normalized spacial score (nSPS) is 13.4. The molecular weight excluding hydrogens is 386 g/mol. The van der Waals surface area contributed by atoms with Crippen molar-refractivity contribution in [3.8, 4) is 5.75 Å². The number of para-hydroxylation sites is 1. The minimum atomic E-state index is -0.383. The summed E-state index contributed by atoms with van der Waals surface area (Å²) < 4.78 is 11.4. The zero-order valence-electron chi connectivity index (χ0n) is 18.1. The molecule has 0 amide bonds. The van der Waals surface area contributed by atoms with Crippen LogP contribution in [0.5, 0.6) is 5.75 Å². The summed E-state index contributed by atoms with van der Waals surface area (Å²) in [5.41, 5.74) is 7.12. The van der Waals surface area contributed by atoms with E-state index >= 15 is 0 Å². The third-order valence-corrected chi connectivity index (χ3v) is 5.62. The van der Waals surface area contributed by atoms with Crippen molar-refractivity contribution < 1.29 is 14.3 Å². The Bertz CT molecular complexity index is 1120. The Morgan fingerprint density at radius 3 is 2.55 bits per heavy atom. The highest BCUT2D eigenvalue weighted by Gasteiger charge is 2.22. The fraction of sp³-hybridized carbons (Fsp3) is 0.259. The van der Waals surface area contributed by atoms with Gasteiger partial charge in [-0.25, -0.2) is 9.78 Å². The average Bonchev–Trinajstić information content (AvgIpc) is 3.29. The van der Waals surface area contributed by atoms with Crippen LogP contribution < -0.4 is 4.74 Å². The number of benzene rings is 2. The molecule has 0 saturated carbocycles. The van der Waals surface area contributed by atoms with E-state index in [9.17, 15) is 4.79 Å². The molecule has 4 nitrogen and oxygen atoms in total. The summed E-state index contributed by atoms with van der Waals surface area (Å²) in [7, 11) is 0. The molecule has 2 aromatic carbocycles. The zero-order chi connectivity index (χ0) is 21.6. The first-order valence-electron chi connectivity index (χ1n) is 10.8. The average molecular weight is 414 g/mol. The van der Waals surface area contributed by atoms with E-state index in [1.807, 2.05) is 42.5 Å². The van der Waals surface area contributed by atoms with E-state index in [1.165, 1.54) is 22.3 Å².